The molecule has 0 radical (unpaired) electrons. The normalized spacial score (nSPS) is 14.5. The van der Waals surface area contributed by atoms with Gasteiger partial charge in [0.25, 0.3) is 5.91 Å². The summed E-state index contributed by atoms with van der Waals surface area (Å²) in [5.74, 6) is 0.0408. The number of benzene rings is 1. The molecule has 4 nitrogen and oxygen atoms in total. The zero-order valence-corrected chi connectivity index (χ0v) is 13.5. The van der Waals surface area contributed by atoms with Gasteiger partial charge in [-0.2, -0.15) is 0 Å². The predicted molar refractivity (Wildman–Crippen MR) is 89.8 cm³/mol. The maximum absolute atomic E-state index is 12.3. The summed E-state index contributed by atoms with van der Waals surface area (Å²) in [6.07, 6.45) is 1.49. The second-order valence-electron chi connectivity index (χ2n) is 5.50. The van der Waals surface area contributed by atoms with Crippen LogP contribution in [0.25, 0.3) is 0 Å². The highest BCUT2D eigenvalue weighted by atomic mass is 32.1. The van der Waals surface area contributed by atoms with E-state index < -0.39 is 0 Å². The Morgan fingerprint density at radius 3 is 2.73 bits per heavy atom. The van der Waals surface area contributed by atoms with Crippen molar-refractivity contribution < 1.29 is 9.59 Å². The number of carbonyl (C=O) groups excluding carboxylic acids is 2. The number of aryl methyl sites for hydroxylation is 2. The van der Waals surface area contributed by atoms with E-state index in [0.29, 0.717) is 17.0 Å². The number of nitrogens with one attached hydrogen (secondary N) is 1. The van der Waals surface area contributed by atoms with Gasteiger partial charge in [0.1, 0.15) is 0 Å². The molecule has 1 aliphatic rings. The topological polar surface area (TPSA) is 49.4 Å². The summed E-state index contributed by atoms with van der Waals surface area (Å²) in [6.45, 7) is 4.76. The van der Waals surface area contributed by atoms with Crippen LogP contribution in [-0.4, -0.2) is 18.4 Å². The quantitative estimate of drug-likeness (QED) is 0.938. The zero-order chi connectivity index (χ0) is 15.7. The molecule has 0 spiro atoms. The SMILES string of the molecule is Cc1cc(C(=O)Nc2cccc(N3CCCC3=O)c2)sc1C. The number of hydrogen-bond acceptors (Lipinski definition) is 3. The van der Waals surface area contributed by atoms with Gasteiger partial charge < -0.3 is 10.2 Å². The molecule has 0 bridgehead atoms. The van der Waals surface area contributed by atoms with Crippen molar-refractivity contribution in [3.05, 3.63) is 45.6 Å². The van der Waals surface area contributed by atoms with Crippen LogP contribution in [0.15, 0.2) is 30.3 Å². The number of thiophene rings is 1. The number of carbonyl (C=O) groups is 2. The lowest BCUT2D eigenvalue weighted by molar-refractivity contribution is -0.117. The summed E-state index contributed by atoms with van der Waals surface area (Å²) in [6, 6.07) is 9.37. The smallest absolute Gasteiger partial charge is 0.265 e. The lowest BCUT2D eigenvalue weighted by Crippen LogP contribution is -2.23. The summed E-state index contributed by atoms with van der Waals surface area (Å²) in [5, 5.41) is 2.91. The summed E-state index contributed by atoms with van der Waals surface area (Å²) in [5.41, 5.74) is 2.69. The minimum absolute atomic E-state index is 0.105. The highest BCUT2D eigenvalue weighted by molar-refractivity contribution is 7.14. The minimum Gasteiger partial charge on any atom is -0.321 e. The Balaban J connectivity index is 1.78. The number of anilines is 2. The maximum Gasteiger partial charge on any atom is 0.265 e. The molecule has 22 heavy (non-hydrogen) atoms. The van der Waals surface area contributed by atoms with E-state index in [9.17, 15) is 9.59 Å². The first-order valence-corrected chi connectivity index (χ1v) is 8.15. The Bertz CT molecular complexity index is 717. The van der Waals surface area contributed by atoms with Gasteiger partial charge in [-0.25, -0.2) is 0 Å². The number of hydrogen-bond donors (Lipinski definition) is 1. The molecule has 1 saturated heterocycles. The van der Waals surface area contributed by atoms with E-state index in [-0.39, 0.29) is 11.8 Å². The Labute approximate surface area is 133 Å². The summed E-state index contributed by atoms with van der Waals surface area (Å²) in [7, 11) is 0. The second kappa shape index (κ2) is 5.93. The lowest BCUT2D eigenvalue weighted by atomic mass is 10.2. The van der Waals surface area contributed by atoms with Crippen molar-refractivity contribution in [2.24, 2.45) is 0 Å². The standard InChI is InChI=1S/C17H18N2O2S/c1-11-9-15(22-12(11)2)17(21)18-13-5-3-6-14(10-13)19-8-4-7-16(19)20/h3,5-6,9-10H,4,7-8H2,1-2H3,(H,18,21). The molecule has 1 N–H and O–H groups in total. The van der Waals surface area contributed by atoms with E-state index in [0.717, 1.165) is 29.1 Å². The first-order valence-electron chi connectivity index (χ1n) is 7.33. The molecule has 0 aliphatic carbocycles. The summed E-state index contributed by atoms with van der Waals surface area (Å²) < 4.78 is 0. The van der Waals surface area contributed by atoms with Crippen molar-refractivity contribution in [1.82, 2.24) is 0 Å². The average Bonchev–Trinajstić information content (AvgIpc) is 3.06. The molecule has 1 aromatic carbocycles. The van der Waals surface area contributed by atoms with Gasteiger partial charge in [0.05, 0.1) is 4.88 Å². The molecule has 0 atom stereocenters. The number of nitrogens with zero attached hydrogens (tertiary/aromatic N) is 1. The third-order valence-corrected chi connectivity index (χ3v) is 5.03. The summed E-state index contributed by atoms with van der Waals surface area (Å²) in [4.78, 5) is 27.7. The lowest BCUT2D eigenvalue weighted by Gasteiger charge is -2.16. The third kappa shape index (κ3) is 2.90. The molecule has 3 rings (SSSR count). The first kappa shape index (κ1) is 14.8. The van der Waals surface area contributed by atoms with E-state index in [1.165, 1.54) is 11.3 Å². The monoisotopic (exact) mass is 314 g/mol. The Hall–Kier alpha value is -2.14. The molecule has 1 aliphatic heterocycles. The fourth-order valence-corrected chi connectivity index (χ4v) is 3.48. The van der Waals surface area contributed by atoms with Crippen LogP contribution in [0.1, 0.15) is 33.0 Å². The van der Waals surface area contributed by atoms with E-state index in [4.69, 9.17) is 0 Å². The zero-order valence-electron chi connectivity index (χ0n) is 12.7. The minimum atomic E-state index is -0.105. The maximum atomic E-state index is 12.3. The van der Waals surface area contributed by atoms with Gasteiger partial charge >= 0.3 is 0 Å². The summed E-state index contributed by atoms with van der Waals surface area (Å²) >= 11 is 1.50. The molecule has 2 amide bonds. The molecular weight excluding hydrogens is 296 g/mol. The van der Waals surface area contributed by atoms with Crippen molar-refractivity contribution in [2.75, 3.05) is 16.8 Å². The Morgan fingerprint density at radius 1 is 1.27 bits per heavy atom. The molecule has 1 fully saturated rings. The largest absolute Gasteiger partial charge is 0.321 e. The van der Waals surface area contributed by atoms with Crippen molar-refractivity contribution in [3.63, 3.8) is 0 Å². The van der Waals surface area contributed by atoms with E-state index in [1.807, 2.05) is 44.2 Å². The van der Waals surface area contributed by atoms with Gasteiger partial charge in [-0.3, -0.25) is 9.59 Å². The Kier molecular flexibility index (Phi) is 3.98. The predicted octanol–water partition coefficient (Wildman–Crippen LogP) is 3.74. The van der Waals surface area contributed by atoms with E-state index in [1.54, 1.807) is 4.90 Å². The van der Waals surface area contributed by atoms with Crippen LogP contribution < -0.4 is 10.2 Å². The molecule has 5 heteroatoms. The molecular formula is C17H18N2O2S. The van der Waals surface area contributed by atoms with Crippen LogP contribution >= 0.6 is 11.3 Å². The highest BCUT2D eigenvalue weighted by Crippen LogP contribution is 2.26. The third-order valence-electron chi connectivity index (χ3n) is 3.88. The molecule has 2 aromatic rings. The van der Waals surface area contributed by atoms with Crippen molar-refractivity contribution >= 4 is 34.5 Å². The van der Waals surface area contributed by atoms with Crippen LogP contribution in [0.4, 0.5) is 11.4 Å². The molecule has 0 saturated carbocycles. The van der Waals surface area contributed by atoms with Crippen LogP contribution in [0, 0.1) is 13.8 Å². The van der Waals surface area contributed by atoms with Gasteiger partial charge in [0.2, 0.25) is 5.91 Å². The van der Waals surface area contributed by atoms with Gasteiger partial charge in [-0.05, 0) is 50.1 Å². The fourth-order valence-electron chi connectivity index (χ4n) is 2.55. The Morgan fingerprint density at radius 2 is 2.09 bits per heavy atom. The molecule has 0 unspecified atom stereocenters. The fraction of sp³-hybridized carbons (Fsp3) is 0.294. The van der Waals surface area contributed by atoms with Gasteiger partial charge in [-0.1, -0.05) is 6.07 Å². The van der Waals surface area contributed by atoms with Crippen molar-refractivity contribution in [1.29, 1.82) is 0 Å². The van der Waals surface area contributed by atoms with Crippen LogP contribution in [0.5, 0.6) is 0 Å². The second-order valence-corrected chi connectivity index (χ2v) is 6.76. The molecule has 114 valence electrons. The number of rotatable bonds is 3. The number of amides is 2. The van der Waals surface area contributed by atoms with Crippen LogP contribution in [0.2, 0.25) is 0 Å². The van der Waals surface area contributed by atoms with Crippen LogP contribution in [0.3, 0.4) is 0 Å². The van der Waals surface area contributed by atoms with Gasteiger partial charge in [0, 0.05) is 29.2 Å². The van der Waals surface area contributed by atoms with Gasteiger partial charge in [-0.15, -0.1) is 11.3 Å². The highest BCUT2D eigenvalue weighted by Gasteiger charge is 2.22. The van der Waals surface area contributed by atoms with E-state index >= 15 is 0 Å². The molecule has 2 heterocycles. The van der Waals surface area contributed by atoms with E-state index in [2.05, 4.69) is 5.32 Å². The van der Waals surface area contributed by atoms with Crippen molar-refractivity contribution in [2.45, 2.75) is 26.7 Å². The van der Waals surface area contributed by atoms with Crippen molar-refractivity contribution in [3.8, 4) is 0 Å². The van der Waals surface area contributed by atoms with Crippen LogP contribution in [-0.2, 0) is 4.79 Å². The first-order chi connectivity index (χ1) is 10.5. The molecule has 1 aromatic heterocycles. The van der Waals surface area contributed by atoms with Gasteiger partial charge in [0.15, 0.2) is 0 Å². The average molecular weight is 314 g/mol.